The van der Waals surface area contributed by atoms with Crippen LogP contribution in [0, 0.1) is 0 Å². The minimum atomic E-state index is -0.167. The highest BCUT2D eigenvalue weighted by Gasteiger charge is 2.34. The van der Waals surface area contributed by atoms with E-state index in [1.165, 1.54) is 0 Å². The molecule has 1 heterocycles. The molecule has 6 heteroatoms. The molecule has 170 valence electrons. The second kappa shape index (κ2) is 9.61. The fourth-order valence-corrected chi connectivity index (χ4v) is 5.38. The number of anilines is 2. The molecule has 1 atom stereocenters. The summed E-state index contributed by atoms with van der Waals surface area (Å²) in [5, 5.41) is 4.80. The predicted molar refractivity (Wildman–Crippen MR) is 139 cm³/mol. The zero-order valence-corrected chi connectivity index (χ0v) is 19.5. The zero-order valence-electron chi connectivity index (χ0n) is 18.7. The molecule has 34 heavy (non-hydrogen) atoms. The molecule has 4 aromatic carbocycles. The lowest BCUT2D eigenvalue weighted by atomic mass is 10.0. The Morgan fingerprint density at radius 2 is 1.76 bits per heavy atom. The molecule has 5 nitrogen and oxygen atoms in total. The second-order valence-corrected chi connectivity index (χ2v) is 9.03. The number of hydrogen-bond acceptors (Lipinski definition) is 4. The van der Waals surface area contributed by atoms with Crippen LogP contribution >= 0.6 is 11.8 Å². The van der Waals surface area contributed by atoms with Gasteiger partial charge in [0.1, 0.15) is 11.1 Å². The molecule has 1 aliphatic heterocycles. The Bertz CT molecular complexity index is 1350. The third-order valence-corrected chi connectivity index (χ3v) is 6.97. The Morgan fingerprint density at radius 1 is 1.00 bits per heavy atom. The van der Waals surface area contributed by atoms with Crippen LogP contribution in [-0.4, -0.2) is 24.2 Å². The number of nitrogens with one attached hydrogen (secondary N) is 1. The first kappa shape index (κ1) is 22.0. The molecule has 0 saturated carbocycles. The van der Waals surface area contributed by atoms with E-state index < -0.39 is 0 Å². The number of nitrogens with zero attached hydrogens (tertiary/aromatic N) is 1. The van der Waals surface area contributed by atoms with Crippen molar-refractivity contribution in [3.8, 4) is 5.75 Å². The van der Waals surface area contributed by atoms with Crippen molar-refractivity contribution in [3.05, 3.63) is 102 Å². The number of fused-ring (bicyclic) bond motifs is 1. The van der Waals surface area contributed by atoms with Crippen molar-refractivity contribution in [3.63, 3.8) is 0 Å². The van der Waals surface area contributed by atoms with Crippen LogP contribution in [0.4, 0.5) is 11.4 Å². The Balaban J connectivity index is 1.39. The summed E-state index contributed by atoms with van der Waals surface area (Å²) in [5.41, 5.74) is 3.11. The molecule has 0 aliphatic carbocycles. The van der Waals surface area contributed by atoms with Gasteiger partial charge in [-0.3, -0.25) is 14.5 Å². The Morgan fingerprint density at radius 3 is 2.59 bits per heavy atom. The van der Waals surface area contributed by atoms with Gasteiger partial charge in [-0.2, -0.15) is 0 Å². The summed E-state index contributed by atoms with van der Waals surface area (Å²) < 4.78 is 5.53. The first-order valence-electron chi connectivity index (χ1n) is 11.2. The molecule has 0 bridgehead atoms. The maximum atomic E-state index is 13.1. The van der Waals surface area contributed by atoms with Crippen molar-refractivity contribution in [1.29, 1.82) is 0 Å². The van der Waals surface area contributed by atoms with Crippen molar-refractivity contribution in [2.24, 2.45) is 0 Å². The van der Waals surface area contributed by atoms with Gasteiger partial charge < -0.3 is 10.1 Å². The van der Waals surface area contributed by atoms with Gasteiger partial charge >= 0.3 is 0 Å². The molecule has 5 rings (SSSR count). The quantitative estimate of drug-likeness (QED) is 0.362. The first-order valence-corrected chi connectivity index (χ1v) is 12.2. The minimum Gasteiger partial charge on any atom is -0.494 e. The van der Waals surface area contributed by atoms with E-state index in [0.29, 0.717) is 23.6 Å². The van der Waals surface area contributed by atoms with Gasteiger partial charge in [0.05, 0.1) is 12.4 Å². The number of benzene rings is 4. The highest BCUT2D eigenvalue weighted by molar-refractivity contribution is 8.00. The van der Waals surface area contributed by atoms with Crippen LogP contribution in [0.3, 0.4) is 0 Å². The molecule has 0 radical (unpaired) electrons. The van der Waals surface area contributed by atoms with Crippen molar-refractivity contribution in [2.45, 2.75) is 12.3 Å². The van der Waals surface area contributed by atoms with E-state index in [2.05, 4.69) is 5.32 Å². The molecular weight excluding hydrogens is 444 g/mol. The van der Waals surface area contributed by atoms with Gasteiger partial charge in [-0.05, 0) is 65.7 Å². The van der Waals surface area contributed by atoms with Gasteiger partial charge in [-0.25, -0.2) is 0 Å². The fourth-order valence-electron chi connectivity index (χ4n) is 4.21. The molecule has 1 fully saturated rings. The Labute approximate surface area is 202 Å². The minimum absolute atomic E-state index is 0.0596. The highest BCUT2D eigenvalue weighted by Crippen LogP contribution is 2.42. The summed E-state index contributed by atoms with van der Waals surface area (Å²) in [6, 6.07) is 28.9. The van der Waals surface area contributed by atoms with E-state index in [-0.39, 0.29) is 17.2 Å². The Hall–Kier alpha value is -3.77. The molecule has 4 aromatic rings. The number of rotatable bonds is 6. The first-order chi connectivity index (χ1) is 16.6. The summed E-state index contributed by atoms with van der Waals surface area (Å²) in [6.07, 6.45) is 0. The third-order valence-electron chi connectivity index (χ3n) is 5.76. The molecule has 0 spiro atoms. The van der Waals surface area contributed by atoms with Crippen LogP contribution in [-0.2, 0) is 4.79 Å². The van der Waals surface area contributed by atoms with Gasteiger partial charge in [0.25, 0.3) is 5.91 Å². The van der Waals surface area contributed by atoms with Crippen molar-refractivity contribution in [2.75, 3.05) is 22.6 Å². The predicted octanol–water partition coefficient (Wildman–Crippen LogP) is 6.27. The maximum absolute atomic E-state index is 13.1. The Kier molecular flexibility index (Phi) is 6.23. The van der Waals surface area contributed by atoms with Crippen LogP contribution < -0.4 is 15.0 Å². The van der Waals surface area contributed by atoms with Crippen molar-refractivity contribution >= 4 is 45.7 Å². The monoisotopic (exact) mass is 468 g/mol. The highest BCUT2D eigenvalue weighted by atomic mass is 32.2. The second-order valence-electron chi connectivity index (χ2n) is 7.96. The lowest BCUT2D eigenvalue weighted by molar-refractivity contribution is -0.115. The molecule has 1 unspecified atom stereocenters. The van der Waals surface area contributed by atoms with E-state index in [1.807, 2.05) is 103 Å². The van der Waals surface area contributed by atoms with E-state index in [1.54, 1.807) is 11.8 Å². The topological polar surface area (TPSA) is 58.6 Å². The number of amides is 2. The number of carbonyl (C=O) groups excluding carboxylic acids is 2. The number of hydrogen-bond donors (Lipinski definition) is 1. The summed E-state index contributed by atoms with van der Waals surface area (Å²) >= 11 is 1.58. The summed E-state index contributed by atoms with van der Waals surface area (Å²) in [4.78, 5) is 27.6. The summed E-state index contributed by atoms with van der Waals surface area (Å²) in [7, 11) is 0. The lowest BCUT2D eigenvalue weighted by Gasteiger charge is -2.25. The molecule has 1 saturated heterocycles. The number of thioether (sulfide) groups is 1. The molecule has 0 aromatic heterocycles. The third kappa shape index (κ3) is 4.37. The van der Waals surface area contributed by atoms with Crippen LogP contribution in [0.15, 0.2) is 91.0 Å². The number of ether oxygens (including phenoxy) is 1. The number of carbonyl (C=O) groups is 2. The van der Waals surface area contributed by atoms with Crippen LogP contribution in [0.1, 0.15) is 28.2 Å². The smallest absolute Gasteiger partial charge is 0.256 e. The van der Waals surface area contributed by atoms with Gasteiger partial charge in [0.2, 0.25) is 5.91 Å². The lowest BCUT2D eigenvalue weighted by Crippen LogP contribution is -2.27. The van der Waals surface area contributed by atoms with Gasteiger partial charge in [0.15, 0.2) is 0 Å². The van der Waals surface area contributed by atoms with E-state index in [0.717, 1.165) is 27.8 Å². The SMILES string of the molecule is CCOc1ccc(N2C(=O)CSC2c2cccc(NC(=O)c3cccc4ccccc34)c2)cc1. The largest absolute Gasteiger partial charge is 0.494 e. The van der Waals surface area contributed by atoms with Crippen molar-refractivity contribution in [1.82, 2.24) is 0 Å². The van der Waals surface area contributed by atoms with E-state index in [9.17, 15) is 9.59 Å². The maximum Gasteiger partial charge on any atom is 0.256 e. The van der Waals surface area contributed by atoms with Crippen molar-refractivity contribution < 1.29 is 14.3 Å². The normalized spacial score (nSPS) is 15.5. The molecular formula is C28H24N2O3S. The zero-order chi connectivity index (χ0) is 23.5. The van der Waals surface area contributed by atoms with E-state index in [4.69, 9.17) is 4.74 Å². The average Bonchev–Trinajstić information content (AvgIpc) is 3.26. The van der Waals surface area contributed by atoms with Gasteiger partial charge in [-0.15, -0.1) is 11.8 Å². The average molecular weight is 469 g/mol. The fraction of sp³-hybridized carbons (Fsp3) is 0.143. The molecule has 1 aliphatic rings. The van der Waals surface area contributed by atoms with E-state index >= 15 is 0 Å². The van der Waals surface area contributed by atoms with Gasteiger partial charge in [-0.1, -0.05) is 48.5 Å². The molecule has 2 amide bonds. The standard InChI is InChI=1S/C28H24N2O3S/c1-2-33-23-15-13-22(14-16-23)30-26(31)18-34-28(30)20-9-5-10-21(17-20)29-27(32)25-12-6-8-19-7-3-4-11-24(19)25/h3-17,28H,2,18H2,1H3,(H,29,32). The summed E-state index contributed by atoms with van der Waals surface area (Å²) in [5.74, 6) is 1.09. The summed E-state index contributed by atoms with van der Waals surface area (Å²) in [6.45, 7) is 2.54. The molecule has 1 N–H and O–H groups in total. The van der Waals surface area contributed by atoms with Crippen LogP contribution in [0.25, 0.3) is 10.8 Å². The van der Waals surface area contributed by atoms with Crippen LogP contribution in [0.2, 0.25) is 0 Å². The van der Waals surface area contributed by atoms with Gasteiger partial charge in [0, 0.05) is 16.9 Å². The van der Waals surface area contributed by atoms with Crippen LogP contribution in [0.5, 0.6) is 5.75 Å².